The van der Waals surface area contributed by atoms with Crippen molar-refractivity contribution in [2.24, 2.45) is 0 Å². The molecule has 148 valence electrons. The maximum absolute atomic E-state index is 13.5. The maximum atomic E-state index is 13.5. The molecule has 0 aliphatic rings. The Kier molecular flexibility index (Phi) is 4.26. The van der Waals surface area contributed by atoms with Gasteiger partial charge in [0, 0.05) is 27.2 Å². The van der Waals surface area contributed by atoms with E-state index in [4.69, 9.17) is 4.98 Å². The van der Waals surface area contributed by atoms with Gasteiger partial charge in [-0.3, -0.25) is 9.78 Å². The van der Waals surface area contributed by atoms with Gasteiger partial charge in [0.05, 0.1) is 21.4 Å². The highest BCUT2D eigenvalue weighted by Gasteiger charge is 2.23. The molecule has 31 heavy (non-hydrogen) atoms. The van der Waals surface area contributed by atoms with E-state index in [1.807, 2.05) is 66.7 Å². The Labute approximate surface area is 185 Å². The van der Waals surface area contributed by atoms with Gasteiger partial charge in [-0.15, -0.1) is 22.7 Å². The molecule has 6 heteroatoms. The van der Waals surface area contributed by atoms with E-state index < -0.39 is 0 Å². The van der Waals surface area contributed by atoms with Crippen molar-refractivity contribution in [2.45, 2.75) is 0 Å². The summed E-state index contributed by atoms with van der Waals surface area (Å²) in [4.78, 5) is 23.4. The number of benzene rings is 3. The van der Waals surface area contributed by atoms with Gasteiger partial charge in [-0.1, -0.05) is 48.5 Å². The van der Waals surface area contributed by atoms with Gasteiger partial charge in [-0.25, -0.2) is 4.98 Å². The minimum Gasteiger partial charge on any atom is -0.319 e. The molecule has 0 saturated carbocycles. The van der Waals surface area contributed by atoms with E-state index in [9.17, 15) is 4.79 Å². The van der Waals surface area contributed by atoms with Gasteiger partial charge in [0.15, 0.2) is 0 Å². The summed E-state index contributed by atoms with van der Waals surface area (Å²) in [5.74, 6) is -0.145. The number of rotatable bonds is 3. The van der Waals surface area contributed by atoms with Crippen molar-refractivity contribution < 1.29 is 4.79 Å². The van der Waals surface area contributed by atoms with Crippen LogP contribution in [0.1, 0.15) is 9.67 Å². The number of thiazole rings is 1. The van der Waals surface area contributed by atoms with Crippen LogP contribution >= 0.6 is 22.7 Å². The van der Waals surface area contributed by atoms with Crippen LogP contribution in [0.3, 0.4) is 0 Å². The lowest BCUT2D eigenvalue weighted by Gasteiger charge is -2.08. The molecule has 3 aromatic heterocycles. The quantitative estimate of drug-likeness (QED) is 0.325. The highest BCUT2D eigenvalue weighted by atomic mass is 32.1. The van der Waals surface area contributed by atoms with Crippen molar-refractivity contribution in [3.8, 4) is 10.6 Å². The second-order valence-corrected chi connectivity index (χ2v) is 9.21. The number of anilines is 1. The van der Waals surface area contributed by atoms with Crippen molar-refractivity contribution in [1.29, 1.82) is 0 Å². The van der Waals surface area contributed by atoms with Crippen LogP contribution in [0.2, 0.25) is 0 Å². The summed E-state index contributed by atoms with van der Waals surface area (Å²) in [6.07, 6.45) is 1.74. The van der Waals surface area contributed by atoms with E-state index in [2.05, 4.69) is 22.4 Å². The van der Waals surface area contributed by atoms with E-state index in [1.54, 1.807) is 17.5 Å². The summed E-state index contributed by atoms with van der Waals surface area (Å²) in [5.41, 5.74) is 3.33. The summed E-state index contributed by atoms with van der Waals surface area (Å²) in [7, 11) is 0. The number of carbonyl (C=O) groups is 1. The first-order chi connectivity index (χ1) is 15.3. The van der Waals surface area contributed by atoms with Crippen LogP contribution < -0.4 is 5.32 Å². The topological polar surface area (TPSA) is 54.9 Å². The molecule has 6 rings (SSSR count). The van der Waals surface area contributed by atoms with Crippen LogP contribution in [0.15, 0.2) is 85.1 Å². The van der Waals surface area contributed by atoms with Crippen molar-refractivity contribution >= 4 is 65.5 Å². The second kappa shape index (κ2) is 7.27. The average Bonchev–Trinajstić information content (AvgIpc) is 3.40. The van der Waals surface area contributed by atoms with E-state index in [0.717, 1.165) is 41.8 Å². The van der Waals surface area contributed by atoms with Crippen molar-refractivity contribution in [3.05, 3.63) is 89.9 Å². The van der Waals surface area contributed by atoms with Crippen molar-refractivity contribution in [1.82, 2.24) is 9.97 Å². The number of pyridine rings is 1. The van der Waals surface area contributed by atoms with Gasteiger partial charge in [0.1, 0.15) is 9.88 Å². The first-order valence-electron chi connectivity index (χ1n) is 9.80. The molecule has 0 fully saturated rings. The molecule has 0 aliphatic heterocycles. The van der Waals surface area contributed by atoms with Gasteiger partial charge < -0.3 is 5.32 Å². The predicted octanol–water partition coefficient (Wildman–Crippen LogP) is 6.98. The number of amides is 1. The van der Waals surface area contributed by atoms with Gasteiger partial charge in [0.2, 0.25) is 0 Å². The molecule has 3 heterocycles. The Hall–Kier alpha value is -3.61. The van der Waals surface area contributed by atoms with Gasteiger partial charge in [-0.05, 0) is 30.3 Å². The fourth-order valence-electron chi connectivity index (χ4n) is 3.78. The molecule has 0 spiro atoms. The van der Waals surface area contributed by atoms with E-state index in [-0.39, 0.29) is 5.91 Å². The third-order valence-corrected chi connectivity index (χ3v) is 7.41. The zero-order chi connectivity index (χ0) is 20.8. The molecular formula is C25H15N3OS2. The third kappa shape index (κ3) is 3.08. The zero-order valence-corrected chi connectivity index (χ0v) is 17.8. The monoisotopic (exact) mass is 437 g/mol. The fraction of sp³-hybridized carbons (Fsp3) is 0. The second-order valence-electron chi connectivity index (χ2n) is 7.12. The summed E-state index contributed by atoms with van der Waals surface area (Å²) in [6.45, 7) is 0. The zero-order valence-electron chi connectivity index (χ0n) is 16.2. The highest BCUT2D eigenvalue weighted by molar-refractivity contribution is 7.24. The molecule has 0 atom stereocenters. The number of nitrogens with zero attached hydrogens (tertiary/aromatic N) is 2. The molecule has 6 aromatic rings. The molecule has 0 aliphatic carbocycles. The Morgan fingerprint density at radius 3 is 2.52 bits per heavy atom. The van der Waals surface area contributed by atoms with Crippen molar-refractivity contribution in [2.75, 3.05) is 5.32 Å². The number of para-hydroxylation sites is 2. The SMILES string of the molecule is O=C(Nc1cccc2cccnc12)c1sc2ccccc2c1-c1nc2ccccc2s1. The molecular weight excluding hydrogens is 422 g/mol. The maximum Gasteiger partial charge on any atom is 0.266 e. The summed E-state index contributed by atoms with van der Waals surface area (Å²) >= 11 is 3.11. The Morgan fingerprint density at radius 2 is 1.61 bits per heavy atom. The lowest BCUT2D eigenvalue weighted by molar-refractivity contribution is 0.103. The first kappa shape index (κ1) is 18.2. The lowest BCUT2D eigenvalue weighted by atomic mass is 10.1. The van der Waals surface area contributed by atoms with Gasteiger partial charge >= 0.3 is 0 Å². The Bertz CT molecular complexity index is 1560. The lowest BCUT2D eigenvalue weighted by Crippen LogP contribution is -2.11. The van der Waals surface area contributed by atoms with Crippen molar-refractivity contribution in [3.63, 3.8) is 0 Å². The molecule has 0 radical (unpaired) electrons. The average molecular weight is 438 g/mol. The third-order valence-electron chi connectivity index (χ3n) is 5.19. The number of hydrogen-bond donors (Lipinski definition) is 1. The van der Waals surface area contributed by atoms with Crippen LogP contribution in [0.5, 0.6) is 0 Å². The Balaban J connectivity index is 1.51. The number of carbonyl (C=O) groups excluding carboxylic acids is 1. The van der Waals surface area contributed by atoms with Crippen LogP contribution in [0.4, 0.5) is 5.69 Å². The molecule has 0 saturated heterocycles. The molecule has 0 bridgehead atoms. The Morgan fingerprint density at radius 1 is 0.806 bits per heavy atom. The van der Waals surface area contributed by atoms with Gasteiger partial charge in [0.25, 0.3) is 5.91 Å². The fourth-order valence-corrected chi connectivity index (χ4v) is 5.98. The summed E-state index contributed by atoms with van der Waals surface area (Å²) < 4.78 is 2.18. The van der Waals surface area contributed by atoms with Crippen LogP contribution in [0.25, 0.3) is 41.8 Å². The molecule has 0 unspecified atom stereocenters. The number of nitrogens with one attached hydrogen (secondary N) is 1. The van der Waals surface area contributed by atoms with E-state index >= 15 is 0 Å². The number of thiophene rings is 1. The van der Waals surface area contributed by atoms with Crippen LogP contribution in [-0.4, -0.2) is 15.9 Å². The standard InChI is InChI=1S/C25H15N3OS2/c29-24(27-18-11-5-7-15-8-6-14-26-22(15)18)23-21(16-9-1-3-12-19(16)30-23)25-28-17-10-2-4-13-20(17)31-25/h1-14H,(H,27,29). The largest absolute Gasteiger partial charge is 0.319 e. The number of aromatic nitrogens is 2. The number of fused-ring (bicyclic) bond motifs is 3. The highest BCUT2D eigenvalue weighted by Crippen LogP contribution is 2.42. The summed E-state index contributed by atoms with van der Waals surface area (Å²) in [5, 5.41) is 5.99. The number of hydrogen-bond acceptors (Lipinski definition) is 5. The van der Waals surface area contributed by atoms with Gasteiger partial charge in [-0.2, -0.15) is 0 Å². The normalized spacial score (nSPS) is 11.4. The molecule has 3 aromatic carbocycles. The molecule has 1 N–H and O–H groups in total. The minimum atomic E-state index is -0.145. The van der Waals surface area contributed by atoms with Crippen LogP contribution in [0, 0.1) is 0 Å². The first-order valence-corrected chi connectivity index (χ1v) is 11.4. The smallest absolute Gasteiger partial charge is 0.266 e. The molecule has 1 amide bonds. The van der Waals surface area contributed by atoms with E-state index in [1.165, 1.54) is 11.3 Å². The van der Waals surface area contributed by atoms with Crippen LogP contribution in [-0.2, 0) is 0 Å². The van der Waals surface area contributed by atoms with E-state index in [0.29, 0.717) is 10.6 Å². The molecule has 4 nitrogen and oxygen atoms in total. The summed E-state index contributed by atoms with van der Waals surface area (Å²) in [6, 6.07) is 25.9. The minimum absolute atomic E-state index is 0.145. The predicted molar refractivity (Wildman–Crippen MR) is 130 cm³/mol.